The van der Waals surface area contributed by atoms with Crippen molar-refractivity contribution in [3.05, 3.63) is 63.6 Å². The van der Waals surface area contributed by atoms with Crippen molar-refractivity contribution in [2.45, 2.75) is 83.7 Å². The van der Waals surface area contributed by atoms with E-state index >= 15 is 0 Å². The molecular weight excluding hydrogens is 617 g/mol. The average molecular weight is 663 g/mol. The van der Waals surface area contributed by atoms with Gasteiger partial charge in [-0.2, -0.15) is 0 Å². The molecule has 44 heavy (non-hydrogen) atoms. The van der Waals surface area contributed by atoms with Gasteiger partial charge in [-0.3, -0.25) is 13.9 Å². The van der Waals surface area contributed by atoms with Crippen molar-refractivity contribution in [1.82, 2.24) is 10.2 Å². The fraction of sp³-hybridized carbons (Fsp3) is 0.588. The number of nitrogens with zero attached hydrogens (tertiary/aromatic N) is 2. The van der Waals surface area contributed by atoms with E-state index in [9.17, 15) is 18.0 Å². The van der Waals surface area contributed by atoms with E-state index in [0.29, 0.717) is 34.3 Å². The number of amides is 2. The van der Waals surface area contributed by atoms with Crippen LogP contribution in [-0.2, 0) is 31.6 Å². The van der Waals surface area contributed by atoms with Gasteiger partial charge in [-0.1, -0.05) is 62.2 Å². The van der Waals surface area contributed by atoms with Crippen LogP contribution < -0.4 is 9.62 Å². The van der Waals surface area contributed by atoms with E-state index in [1.165, 1.54) is 49.0 Å². The maximum absolute atomic E-state index is 14.0. The van der Waals surface area contributed by atoms with Gasteiger partial charge in [-0.25, -0.2) is 8.42 Å². The van der Waals surface area contributed by atoms with Gasteiger partial charge < -0.3 is 10.2 Å². The minimum Gasteiger partial charge on any atom is -0.354 e. The van der Waals surface area contributed by atoms with Crippen molar-refractivity contribution < 1.29 is 18.0 Å². The molecule has 1 atom stereocenters. The smallest absolute Gasteiger partial charge is 0.244 e. The van der Waals surface area contributed by atoms with Crippen molar-refractivity contribution in [1.29, 1.82) is 0 Å². The van der Waals surface area contributed by atoms with Crippen molar-refractivity contribution in [3.8, 4) is 0 Å². The van der Waals surface area contributed by atoms with Crippen LogP contribution in [0.5, 0.6) is 0 Å². The summed E-state index contributed by atoms with van der Waals surface area (Å²) in [5, 5.41) is 3.66. The molecule has 2 amide bonds. The van der Waals surface area contributed by atoms with E-state index in [2.05, 4.69) is 17.4 Å². The molecule has 0 saturated heterocycles. The summed E-state index contributed by atoms with van der Waals surface area (Å²) in [6, 6.07) is 12.1. The summed E-state index contributed by atoms with van der Waals surface area (Å²) in [6.45, 7) is 5.95. The molecule has 1 N–H and O–H groups in total. The number of rotatable bonds is 12. The first-order valence-electron chi connectivity index (χ1n) is 15.9. The average Bonchev–Trinajstić information content (AvgIpc) is 2.95. The van der Waals surface area contributed by atoms with Gasteiger partial charge in [0.25, 0.3) is 0 Å². The van der Waals surface area contributed by atoms with E-state index in [0.717, 1.165) is 28.3 Å². The Bertz CT molecular complexity index is 1440. The van der Waals surface area contributed by atoms with Crippen LogP contribution in [0.3, 0.4) is 0 Å². The van der Waals surface area contributed by atoms with E-state index in [4.69, 9.17) is 23.2 Å². The topological polar surface area (TPSA) is 86.8 Å². The Morgan fingerprint density at radius 3 is 2.05 bits per heavy atom. The lowest BCUT2D eigenvalue weighted by atomic mass is 9.48. The number of hydrogen-bond acceptors (Lipinski definition) is 4. The number of carbonyl (C=O) groups is 2. The summed E-state index contributed by atoms with van der Waals surface area (Å²) in [4.78, 5) is 28.8. The van der Waals surface area contributed by atoms with Gasteiger partial charge in [0, 0.05) is 13.1 Å². The second-order valence-electron chi connectivity index (χ2n) is 13.8. The van der Waals surface area contributed by atoms with E-state index in [1.54, 1.807) is 18.2 Å². The lowest BCUT2D eigenvalue weighted by Gasteiger charge is -2.57. The zero-order valence-corrected chi connectivity index (χ0v) is 28.5. The van der Waals surface area contributed by atoms with Crippen LogP contribution in [0.2, 0.25) is 10.0 Å². The Morgan fingerprint density at radius 1 is 0.955 bits per heavy atom. The SMILES string of the molecule is CCC(C(=O)NCC(C)C)N(Cc1ccc(Cl)c(Cl)c1)C(=O)CN(c1ccc(C23CC4CC(CC(C4)C2)C3)cc1)S(C)(=O)=O. The zero-order valence-electron chi connectivity index (χ0n) is 26.2. The maximum atomic E-state index is 14.0. The Balaban J connectivity index is 1.40. The molecule has 4 fully saturated rings. The second kappa shape index (κ2) is 13.2. The highest BCUT2D eigenvalue weighted by atomic mass is 35.5. The molecule has 0 radical (unpaired) electrons. The number of hydrogen-bond donors (Lipinski definition) is 1. The fourth-order valence-electron chi connectivity index (χ4n) is 8.24. The molecule has 7 nitrogen and oxygen atoms in total. The lowest BCUT2D eigenvalue weighted by Crippen LogP contribution is -2.52. The van der Waals surface area contributed by atoms with Crippen molar-refractivity contribution >= 4 is 50.7 Å². The minimum atomic E-state index is -3.82. The quantitative estimate of drug-likeness (QED) is 0.271. The third-order valence-corrected chi connectivity index (χ3v) is 11.8. The zero-order chi connectivity index (χ0) is 31.8. The van der Waals surface area contributed by atoms with Crippen LogP contribution in [0.1, 0.15) is 76.8 Å². The largest absolute Gasteiger partial charge is 0.354 e. The number of carbonyl (C=O) groups excluding carboxylic acids is 2. The monoisotopic (exact) mass is 661 g/mol. The molecule has 4 saturated carbocycles. The molecule has 4 aliphatic rings. The van der Waals surface area contributed by atoms with E-state index in [-0.39, 0.29) is 23.8 Å². The summed E-state index contributed by atoms with van der Waals surface area (Å²) < 4.78 is 27.4. The molecule has 240 valence electrons. The highest BCUT2D eigenvalue weighted by Gasteiger charge is 2.51. The van der Waals surface area contributed by atoms with Gasteiger partial charge in [0.1, 0.15) is 12.6 Å². The first-order valence-corrected chi connectivity index (χ1v) is 18.5. The van der Waals surface area contributed by atoms with Crippen molar-refractivity contribution in [2.75, 3.05) is 23.7 Å². The molecular formula is C34H45Cl2N3O4S. The normalized spacial score (nSPS) is 24.8. The third-order valence-electron chi connectivity index (χ3n) is 9.89. The van der Waals surface area contributed by atoms with Crippen LogP contribution in [0.4, 0.5) is 5.69 Å². The van der Waals surface area contributed by atoms with Gasteiger partial charge >= 0.3 is 0 Å². The predicted molar refractivity (Wildman–Crippen MR) is 177 cm³/mol. The summed E-state index contributed by atoms with van der Waals surface area (Å²) in [7, 11) is -3.82. The molecule has 2 aromatic rings. The van der Waals surface area contributed by atoms with Gasteiger partial charge in [0.05, 0.1) is 22.0 Å². The minimum absolute atomic E-state index is 0.0753. The van der Waals surface area contributed by atoms with Crippen molar-refractivity contribution in [3.63, 3.8) is 0 Å². The number of benzene rings is 2. The summed E-state index contributed by atoms with van der Waals surface area (Å²) in [5.41, 5.74) is 2.61. The van der Waals surface area contributed by atoms with Gasteiger partial charge in [0.2, 0.25) is 21.8 Å². The number of halogens is 2. The molecule has 1 unspecified atom stereocenters. The van der Waals surface area contributed by atoms with Gasteiger partial charge in [0.15, 0.2) is 0 Å². The van der Waals surface area contributed by atoms with Crippen LogP contribution in [0.15, 0.2) is 42.5 Å². The molecule has 2 aromatic carbocycles. The summed E-state index contributed by atoms with van der Waals surface area (Å²) >= 11 is 12.4. The Labute approximate surface area is 272 Å². The van der Waals surface area contributed by atoms with Crippen LogP contribution in [-0.4, -0.2) is 50.5 Å². The molecule has 10 heteroatoms. The first kappa shape index (κ1) is 33.1. The molecule has 4 bridgehead atoms. The summed E-state index contributed by atoms with van der Waals surface area (Å²) in [5.74, 6) is 1.89. The van der Waals surface area contributed by atoms with Crippen LogP contribution >= 0.6 is 23.2 Å². The predicted octanol–water partition coefficient (Wildman–Crippen LogP) is 6.81. The molecule has 0 aliphatic heterocycles. The Kier molecular flexibility index (Phi) is 9.93. The molecule has 6 rings (SSSR count). The number of anilines is 1. The fourth-order valence-corrected chi connectivity index (χ4v) is 9.41. The van der Waals surface area contributed by atoms with Crippen molar-refractivity contribution in [2.24, 2.45) is 23.7 Å². The summed E-state index contributed by atoms with van der Waals surface area (Å²) in [6.07, 6.45) is 9.18. The maximum Gasteiger partial charge on any atom is 0.244 e. The standard InChI is InChI=1S/C34H45Cl2N3O4S/c1-5-31(33(41)37-19-22(2)3)38(20-23-6-11-29(35)30(36)15-23)32(40)21-39(44(4,42)43)28-9-7-27(8-10-28)34-16-24-12-25(17-34)14-26(13-24)18-34/h6-11,15,22,24-26,31H,5,12-14,16-21H2,1-4H3,(H,37,41). The van der Waals surface area contributed by atoms with E-state index < -0.39 is 28.5 Å². The molecule has 0 heterocycles. The number of sulfonamides is 1. The highest BCUT2D eigenvalue weighted by Crippen LogP contribution is 2.60. The lowest BCUT2D eigenvalue weighted by molar-refractivity contribution is -0.140. The number of nitrogens with one attached hydrogen (secondary N) is 1. The molecule has 4 aliphatic carbocycles. The van der Waals surface area contributed by atoms with E-state index in [1.807, 2.05) is 32.9 Å². The molecule has 0 aromatic heterocycles. The Hall–Kier alpha value is -2.29. The van der Waals surface area contributed by atoms with Crippen LogP contribution in [0, 0.1) is 23.7 Å². The molecule has 0 spiro atoms. The highest BCUT2D eigenvalue weighted by molar-refractivity contribution is 7.92. The van der Waals surface area contributed by atoms with Gasteiger partial charge in [-0.15, -0.1) is 0 Å². The Morgan fingerprint density at radius 2 is 1.55 bits per heavy atom. The van der Waals surface area contributed by atoms with Crippen LogP contribution in [0.25, 0.3) is 0 Å². The van der Waals surface area contributed by atoms with Gasteiger partial charge in [-0.05, 0) is 109 Å². The first-order chi connectivity index (χ1) is 20.8. The second-order valence-corrected chi connectivity index (χ2v) is 16.6. The third kappa shape index (κ3) is 7.23.